The van der Waals surface area contributed by atoms with Crippen molar-refractivity contribution in [2.24, 2.45) is 7.05 Å². The highest BCUT2D eigenvalue weighted by molar-refractivity contribution is 7.99. The maximum atomic E-state index is 12.3. The van der Waals surface area contributed by atoms with Crippen LogP contribution in [0.2, 0.25) is 0 Å². The van der Waals surface area contributed by atoms with Crippen LogP contribution in [0.1, 0.15) is 13.8 Å². The van der Waals surface area contributed by atoms with E-state index in [1.54, 1.807) is 13.1 Å². The quantitative estimate of drug-likeness (QED) is 0.586. The van der Waals surface area contributed by atoms with Crippen LogP contribution in [0, 0.1) is 0 Å². The van der Waals surface area contributed by atoms with Crippen molar-refractivity contribution in [3.8, 4) is 0 Å². The number of amides is 1. The molecule has 0 bridgehead atoms. The molecule has 3 rings (SSSR count). The van der Waals surface area contributed by atoms with Gasteiger partial charge in [0.25, 0.3) is 5.56 Å². The van der Waals surface area contributed by atoms with Gasteiger partial charge >= 0.3 is 0 Å². The second-order valence-electron chi connectivity index (χ2n) is 6.88. The Morgan fingerprint density at radius 3 is 2.88 bits per heavy atom. The zero-order chi connectivity index (χ0) is 18.7. The zero-order valence-corrected chi connectivity index (χ0v) is 16.9. The van der Waals surface area contributed by atoms with Gasteiger partial charge in [0.1, 0.15) is 4.83 Å². The topological polar surface area (TPSA) is 76.5 Å². The third kappa shape index (κ3) is 4.28. The fourth-order valence-electron chi connectivity index (χ4n) is 2.89. The first kappa shape index (κ1) is 19.3. The molecule has 0 saturated carbocycles. The summed E-state index contributed by atoms with van der Waals surface area (Å²) in [6, 6.07) is 1.78. The largest absolute Gasteiger partial charge is 0.379 e. The maximum absolute atomic E-state index is 12.3. The fourth-order valence-corrected chi connectivity index (χ4v) is 4.49. The van der Waals surface area contributed by atoms with Crippen LogP contribution >= 0.6 is 23.1 Å². The number of ether oxygens (including phenoxy) is 1. The lowest BCUT2D eigenvalue weighted by molar-refractivity contribution is -0.119. The van der Waals surface area contributed by atoms with E-state index in [2.05, 4.69) is 29.0 Å². The summed E-state index contributed by atoms with van der Waals surface area (Å²) in [4.78, 5) is 32.1. The van der Waals surface area contributed by atoms with E-state index >= 15 is 0 Å². The summed E-state index contributed by atoms with van der Waals surface area (Å²) in [6.07, 6.45) is 0. The predicted molar refractivity (Wildman–Crippen MR) is 105 cm³/mol. The third-order valence-electron chi connectivity index (χ3n) is 4.58. The van der Waals surface area contributed by atoms with E-state index < -0.39 is 0 Å². The van der Waals surface area contributed by atoms with Crippen molar-refractivity contribution in [1.82, 2.24) is 19.8 Å². The minimum atomic E-state index is -0.120. The van der Waals surface area contributed by atoms with Crippen molar-refractivity contribution in [3.63, 3.8) is 0 Å². The highest BCUT2D eigenvalue weighted by Gasteiger charge is 2.28. The molecular weight excluding hydrogens is 372 g/mol. The number of fused-ring (bicyclic) bond motifs is 1. The molecule has 26 heavy (non-hydrogen) atoms. The standard InChI is InChI=1S/C17H24N4O3S2/c1-17(2,21-5-7-24-8-6-21)11-18-13(22)10-26-16-19-14-12(4-9-25-14)15(23)20(16)3/h4,9H,5-8,10-11H2,1-3H3,(H,18,22). The molecule has 142 valence electrons. The Balaban J connectivity index is 1.56. The van der Waals surface area contributed by atoms with E-state index in [4.69, 9.17) is 4.74 Å². The van der Waals surface area contributed by atoms with E-state index in [9.17, 15) is 9.59 Å². The molecule has 2 aromatic heterocycles. The molecule has 1 aliphatic rings. The Bertz CT molecular complexity index is 840. The van der Waals surface area contributed by atoms with Crippen LogP contribution in [0.4, 0.5) is 0 Å². The Morgan fingerprint density at radius 2 is 2.15 bits per heavy atom. The molecule has 1 amide bonds. The van der Waals surface area contributed by atoms with Crippen molar-refractivity contribution in [2.75, 3.05) is 38.6 Å². The summed E-state index contributed by atoms with van der Waals surface area (Å²) in [6.45, 7) is 8.05. The number of thiophene rings is 1. The van der Waals surface area contributed by atoms with Gasteiger partial charge in [-0.25, -0.2) is 4.98 Å². The molecule has 0 radical (unpaired) electrons. The summed E-state index contributed by atoms with van der Waals surface area (Å²) in [5, 5.41) is 6.04. The SMILES string of the molecule is Cn1c(SCC(=O)NCC(C)(C)N2CCOCC2)nc2sccc2c1=O. The molecule has 0 spiro atoms. The van der Waals surface area contributed by atoms with Crippen LogP contribution in [-0.2, 0) is 16.6 Å². The molecular formula is C17H24N4O3S2. The van der Waals surface area contributed by atoms with Gasteiger partial charge in [0.05, 0.1) is 24.4 Å². The van der Waals surface area contributed by atoms with Crippen LogP contribution in [-0.4, -0.2) is 64.5 Å². The van der Waals surface area contributed by atoms with Gasteiger partial charge in [-0.05, 0) is 25.3 Å². The number of carbonyl (C=O) groups excluding carboxylic acids is 1. The van der Waals surface area contributed by atoms with Crippen molar-refractivity contribution in [3.05, 3.63) is 21.8 Å². The molecule has 1 aliphatic heterocycles. The summed E-state index contributed by atoms with van der Waals surface area (Å²) < 4.78 is 6.89. The number of carbonyl (C=O) groups is 1. The molecule has 1 saturated heterocycles. The summed E-state index contributed by atoms with van der Waals surface area (Å²) >= 11 is 2.72. The van der Waals surface area contributed by atoms with E-state index in [1.165, 1.54) is 27.7 Å². The summed E-state index contributed by atoms with van der Waals surface area (Å²) in [5.41, 5.74) is -0.196. The smallest absolute Gasteiger partial charge is 0.262 e. The van der Waals surface area contributed by atoms with Gasteiger partial charge < -0.3 is 10.1 Å². The number of rotatable bonds is 6. The zero-order valence-electron chi connectivity index (χ0n) is 15.3. The molecule has 0 aromatic carbocycles. The molecule has 0 atom stereocenters. The molecule has 7 nitrogen and oxygen atoms in total. The van der Waals surface area contributed by atoms with Gasteiger partial charge in [0.2, 0.25) is 5.91 Å². The first-order valence-corrected chi connectivity index (χ1v) is 10.4. The summed E-state index contributed by atoms with van der Waals surface area (Å²) in [7, 11) is 1.69. The van der Waals surface area contributed by atoms with Gasteiger partial charge in [-0.2, -0.15) is 0 Å². The third-order valence-corrected chi connectivity index (χ3v) is 6.42. The Morgan fingerprint density at radius 1 is 1.42 bits per heavy atom. The minimum absolute atomic E-state index is 0.0585. The number of morpholine rings is 1. The first-order valence-electron chi connectivity index (χ1n) is 8.55. The average molecular weight is 397 g/mol. The molecule has 1 fully saturated rings. The lowest BCUT2D eigenvalue weighted by Crippen LogP contribution is -2.55. The second-order valence-corrected chi connectivity index (χ2v) is 8.71. The van der Waals surface area contributed by atoms with Gasteiger partial charge in [-0.1, -0.05) is 11.8 Å². The van der Waals surface area contributed by atoms with Crippen LogP contribution in [0.15, 0.2) is 21.4 Å². The number of hydrogen-bond acceptors (Lipinski definition) is 7. The van der Waals surface area contributed by atoms with Gasteiger partial charge in [-0.15, -0.1) is 11.3 Å². The van der Waals surface area contributed by atoms with Crippen molar-refractivity contribution in [1.29, 1.82) is 0 Å². The normalized spacial score (nSPS) is 16.1. The highest BCUT2D eigenvalue weighted by Crippen LogP contribution is 2.20. The van der Waals surface area contributed by atoms with Gasteiger partial charge in [0.15, 0.2) is 5.16 Å². The number of aromatic nitrogens is 2. The first-order chi connectivity index (χ1) is 12.4. The molecule has 9 heteroatoms. The molecule has 0 aliphatic carbocycles. The number of hydrogen-bond donors (Lipinski definition) is 1. The number of nitrogens with zero attached hydrogens (tertiary/aromatic N) is 3. The summed E-state index contributed by atoms with van der Waals surface area (Å²) in [5.74, 6) is 0.174. The minimum Gasteiger partial charge on any atom is -0.379 e. The Kier molecular flexibility index (Phi) is 6.01. The van der Waals surface area contributed by atoms with Crippen molar-refractivity contribution >= 4 is 39.2 Å². The van der Waals surface area contributed by atoms with E-state index in [1.807, 2.05) is 5.38 Å². The van der Waals surface area contributed by atoms with Crippen LogP contribution in [0.3, 0.4) is 0 Å². The van der Waals surface area contributed by atoms with E-state index in [0.717, 1.165) is 26.3 Å². The molecule has 1 N–H and O–H groups in total. The van der Waals surface area contributed by atoms with Crippen LogP contribution in [0.5, 0.6) is 0 Å². The van der Waals surface area contributed by atoms with Crippen LogP contribution in [0.25, 0.3) is 10.2 Å². The fraction of sp³-hybridized carbons (Fsp3) is 0.588. The second kappa shape index (κ2) is 8.08. The lowest BCUT2D eigenvalue weighted by atomic mass is 10.0. The maximum Gasteiger partial charge on any atom is 0.262 e. The van der Waals surface area contributed by atoms with Crippen molar-refractivity contribution < 1.29 is 9.53 Å². The number of thioether (sulfide) groups is 1. The van der Waals surface area contributed by atoms with Gasteiger partial charge in [0, 0.05) is 32.2 Å². The highest BCUT2D eigenvalue weighted by atomic mass is 32.2. The average Bonchev–Trinajstić information content (AvgIpc) is 3.11. The lowest BCUT2D eigenvalue weighted by Gasteiger charge is -2.40. The molecule has 2 aromatic rings. The Hall–Kier alpha value is -1.42. The molecule has 3 heterocycles. The van der Waals surface area contributed by atoms with E-state index in [-0.39, 0.29) is 22.8 Å². The van der Waals surface area contributed by atoms with Crippen molar-refractivity contribution in [2.45, 2.75) is 24.5 Å². The molecule has 0 unspecified atom stereocenters. The van der Waals surface area contributed by atoms with Crippen LogP contribution < -0.4 is 10.9 Å². The Labute approximate surface area is 160 Å². The van der Waals surface area contributed by atoms with Gasteiger partial charge in [-0.3, -0.25) is 19.1 Å². The monoisotopic (exact) mass is 396 g/mol. The predicted octanol–water partition coefficient (Wildman–Crippen LogP) is 1.31. The number of nitrogens with one attached hydrogen (secondary N) is 1. The van der Waals surface area contributed by atoms with E-state index in [0.29, 0.717) is 21.9 Å².